The summed E-state index contributed by atoms with van der Waals surface area (Å²) in [6.45, 7) is 5.83. The number of carbonyl (C=O) groups is 3. The third-order valence-corrected chi connectivity index (χ3v) is 4.59. The van der Waals surface area contributed by atoms with Gasteiger partial charge in [-0.15, -0.1) is 0 Å². The standard InChI is InChI=1S/C20H25BF2O7/c1-5-6-13(24)9-12-7-11-8-14(22)16(23)15(17(11)30-21(12)27)18(25)28-10-29-19(26)20(2,3)4/h8,12,27H,5-7,9-10H2,1-4H3/t12-/m1/s1. The van der Waals surface area contributed by atoms with Crippen molar-refractivity contribution < 1.29 is 42.3 Å². The monoisotopic (exact) mass is 426 g/mol. The lowest BCUT2D eigenvalue weighted by Crippen LogP contribution is -2.36. The Morgan fingerprint density at radius 2 is 1.93 bits per heavy atom. The summed E-state index contributed by atoms with van der Waals surface area (Å²) in [5, 5.41) is 10.2. The first kappa shape index (κ1) is 23.8. The summed E-state index contributed by atoms with van der Waals surface area (Å²) in [5.41, 5.74) is -1.55. The van der Waals surface area contributed by atoms with Crippen LogP contribution in [0.3, 0.4) is 0 Å². The van der Waals surface area contributed by atoms with E-state index in [0.29, 0.717) is 12.8 Å². The van der Waals surface area contributed by atoms with E-state index < -0.39 is 54.3 Å². The number of fused-ring (bicyclic) bond motifs is 1. The van der Waals surface area contributed by atoms with E-state index in [4.69, 9.17) is 14.1 Å². The van der Waals surface area contributed by atoms with E-state index in [2.05, 4.69) is 0 Å². The summed E-state index contributed by atoms with van der Waals surface area (Å²) < 4.78 is 43.3. The molecule has 0 bridgehead atoms. The van der Waals surface area contributed by atoms with Crippen molar-refractivity contribution in [1.29, 1.82) is 0 Å². The van der Waals surface area contributed by atoms with E-state index in [0.717, 1.165) is 6.07 Å². The van der Waals surface area contributed by atoms with Gasteiger partial charge in [0.05, 0.1) is 5.41 Å². The van der Waals surface area contributed by atoms with Gasteiger partial charge in [-0.1, -0.05) is 6.92 Å². The van der Waals surface area contributed by atoms with Crippen molar-refractivity contribution in [3.63, 3.8) is 0 Å². The molecule has 164 valence electrons. The Bertz CT molecular complexity index is 835. The number of carbonyl (C=O) groups excluding carboxylic acids is 3. The van der Waals surface area contributed by atoms with Crippen LogP contribution in [0.2, 0.25) is 5.82 Å². The number of ketones is 1. The highest BCUT2D eigenvalue weighted by Gasteiger charge is 2.40. The molecule has 0 amide bonds. The lowest BCUT2D eigenvalue weighted by atomic mass is 9.64. The SMILES string of the molecule is CCCC(=O)C[C@H]1Cc2cc(F)c(F)c(C(=O)OCOC(=O)C(C)(C)C)c2OB1O. The second kappa shape index (κ2) is 9.55. The molecule has 1 aromatic rings. The van der Waals surface area contributed by atoms with E-state index in [1.165, 1.54) is 0 Å². The molecule has 0 saturated carbocycles. The minimum absolute atomic E-state index is 0.00990. The first-order valence-electron chi connectivity index (χ1n) is 9.67. The van der Waals surface area contributed by atoms with Gasteiger partial charge in [0, 0.05) is 18.7 Å². The number of esters is 2. The van der Waals surface area contributed by atoms with Crippen molar-refractivity contribution in [2.75, 3.05) is 6.79 Å². The fraction of sp³-hybridized carbons (Fsp3) is 0.550. The van der Waals surface area contributed by atoms with Crippen LogP contribution in [-0.2, 0) is 25.5 Å². The second-order valence-electron chi connectivity index (χ2n) is 8.23. The normalized spacial score (nSPS) is 15.8. The lowest BCUT2D eigenvalue weighted by Gasteiger charge is -2.28. The van der Waals surface area contributed by atoms with E-state index in [-0.39, 0.29) is 29.9 Å². The number of Topliss-reactive ketones (excluding diaryl/α,β-unsaturated/α-hetero) is 1. The van der Waals surface area contributed by atoms with Gasteiger partial charge >= 0.3 is 19.1 Å². The third-order valence-electron chi connectivity index (χ3n) is 4.59. The van der Waals surface area contributed by atoms with Crippen LogP contribution in [0.15, 0.2) is 6.07 Å². The van der Waals surface area contributed by atoms with Crippen LogP contribution < -0.4 is 4.65 Å². The van der Waals surface area contributed by atoms with E-state index in [9.17, 15) is 28.2 Å². The smallest absolute Gasteiger partial charge is 0.526 e. The molecule has 7 nitrogen and oxygen atoms in total. The lowest BCUT2D eigenvalue weighted by molar-refractivity contribution is -0.161. The van der Waals surface area contributed by atoms with Crippen LogP contribution in [0.1, 0.15) is 62.9 Å². The first-order chi connectivity index (χ1) is 14.0. The topological polar surface area (TPSA) is 99.1 Å². The van der Waals surface area contributed by atoms with E-state index >= 15 is 0 Å². The fourth-order valence-electron chi connectivity index (χ4n) is 3.00. The van der Waals surface area contributed by atoms with Crippen molar-refractivity contribution in [2.24, 2.45) is 5.41 Å². The highest BCUT2D eigenvalue weighted by molar-refractivity contribution is 6.47. The predicted molar refractivity (Wildman–Crippen MR) is 103 cm³/mol. The average Bonchev–Trinajstić information content (AvgIpc) is 2.63. The summed E-state index contributed by atoms with van der Waals surface area (Å²) in [5.74, 6) is -5.86. The Balaban J connectivity index is 2.20. The predicted octanol–water partition coefficient (Wildman–Crippen LogP) is 3.21. The van der Waals surface area contributed by atoms with Crippen molar-refractivity contribution in [3.05, 3.63) is 28.8 Å². The molecular formula is C20H25BF2O7. The highest BCUT2D eigenvalue weighted by atomic mass is 19.2. The maximum Gasteiger partial charge on any atom is 0.526 e. The van der Waals surface area contributed by atoms with Crippen molar-refractivity contribution in [3.8, 4) is 5.75 Å². The Morgan fingerprint density at radius 3 is 2.53 bits per heavy atom. The van der Waals surface area contributed by atoms with Gasteiger partial charge in [-0.3, -0.25) is 9.59 Å². The molecule has 1 atom stereocenters. The van der Waals surface area contributed by atoms with Gasteiger partial charge in [0.2, 0.25) is 6.79 Å². The molecule has 1 aliphatic heterocycles. The Morgan fingerprint density at radius 1 is 1.27 bits per heavy atom. The maximum atomic E-state index is 14.4. The van der Waals surface area contributed by atoms with Gasteiger partial charge in [-0.25, -0.2) is 13.6 Å². The van der Waals surface area contributed by atoms with E-state index in [1.807, 2.05) is 6.92 Å². The molecule has 0 aliphatic carbocycles. The van der Waals surface area contributed by atoms with Gasteiger partial charge in [-0.05, 0) is 45.2 Å². The van der Waals surface area contributed by atoms with Crippen molar-refractivity contribution in [1.82, 2.24) is 0 Å². The van der Waals surface area contributed by atoms with Crippen LogP contribution in [0.5, 0.6) is 5.75 Å². The zero-order chi connectivity index (χ0) is 22.6. The molecule has 30 heavy (non-hydrogen) atoms. The highest BCUT2D eigenvalue weighted by Crippen LogP contribution is 2.39. The molecule has 0 aromatic heterocycles. The third kappa shape index (κ3) is 5.56. The molecule has 10 heteroatoms. The van der Waals surface area contributed by atoms with Crippen LogP contribution in [0.25, 0.3) is 0 Å². The Kier molecular flexibility index (Phi) is 7.57. The molecule has 1 aliphatic rings. The molecule has 0 radical (unpaired) electrons. The minimum atomic E-state index is -1.51. The van der Waals surface area contributed by atoms with Crippen LogP contribution in [0, 0.1) is 17.0 Å². The zero-order valence-corrected chi connectivity index (χ0v) is 17.4. The number of hydrogen-bond acceptors (Lipinski definition) is 7. The largest absolute Gasteiger partial charge is 0.535 e. The van der Waals surface area contributed by atoms with Crippen LogP contribution in [-0.4, -0.2) is 36.7 Å². The van der Waals surface area contributed by atoms with Gasteiger partial charge in [-0.2, -0.15) is 0 Å². The molecule has 2 rings (SSSR count). The molecular weight excluding hydrogens is 401 g/mol. The Hall–Kier alpha value is -2.49. The number of benzene rings is 1. The minimum Gasteiger partial charge on any atom is -0.535 e. The average molecular weight is 426 g/mol. The van der Waals surface area contributed by atoms with Gasteiger partial charge in [0.1, 0.15) is 17.1 Å². The molecule has 0 unspecified atom stereocenters. The summed E-state index contributed by atoms with van der Waals surface area (Å²) in [7, 11) is -1.48. The van der Waals surface area contributed by atoms with E-state index in [1.54, 1.807) is 20.8 Å². The molecule has 0 saturated heterocycles. The molecule has 1 aromatic carbocycles. The summed E-state index contributed by atoms with van der Waals surface area (Å²) >= 11 is 0. The number of halogens is 2. The number of rotatable bonds is 7. The molecule has 1 N–H and O–H groups in total. The summed E-state index contributed by atoms with van der Waals surface area (Å²) in [6.07, 6.45) is 1.01. The van der Waals surface area contributed by atoms with Gasteiger partial charge < -0.3 is 19.2 Å². The van der Waals surface area contributed by atoms with Crippen molar-refractivity contribution in [2.45, 2.75) is 59.2 Å². The molecule has 0 fully saturated rings. The second-order valence-corrected chi connectivity index (χ2v) is 8.23. The van der Waals surface area contributed by atoms with Crippen molar-refractivity contribution >= 4 is 24.8 Å². The summed E-state index contributed by atoms with van der Waals surface area (Å²) in [6, 6.07) is 0.865. The quantitative estimate of drug-likeness (QED) is 0.406. The van der Waals surface area contributed by atoms with Gasteiger partial charge in [0.15, 0.2) is 11.6 Å². The van der Waals surface area contributed by atoms with Gasteiger partial charge in [0.25, 0.3) is 0 Å². The number of ether oxygens (including phenoxy) is 2. The fourth-order valence-corrected chi connectivity index (χ4v) is 3.00. The summed E-state index contributed by atoms with van der Waals surface area (Å²) in [4.78, 5) is 35.9. The first-order valence-corrected chi connectivity index (χ1v) is 9.67. The maximum absolute atomic E-state index is 14.4. The molecule has 1 heterocycles. The van der Waals surface area contributed by atoms with Crippen LogP contribution >= 0.6 is 0 Å². The van der Waals surface area contributed by atoms with Crippen LogP contribution in [0.4, 0.5) is 8.78 Å². The zero-order valence-electron chi connectivity index (χ0n) is 17.4. The Labute approximate surface area is 173 Å². The molecule has 0 spiro atoms. The number of hydrogen-bond donors (Lipinski definition) is 1.